The molecule has 1 aliphatic rings. The number of carbonyl (C=O) groups excluding carboxylic acids is 2. The van der Waals surface area contributed by atoms with E-state index in [0.29, 0.717) is 36.7 Å². The highest BCUT2D eigenvalue weighted by molar-refractivity contribution is 7.98. The highest BCUT2D eigenvalue weighted by Crippen LogP contribution is 2.18. The Labute approximate surface area is 164 Å². The number of amides is 2. The number of likely N-dealkylation sites (tertiary alicyclic amines) is 1. The normalized spacial score (nSPS) is 16.3. The molecule has 1 heterocycles. The van der Waals surface area contributed by atoms with E-state index in [1.807, 2.05) is 18.1 Å². The Morgan fingerprint density at radius 2 is 2.04 bits per heavy atom. The highest BCUT2D eigenvalue weighted by atomic mass is 35.5. The van der Waals surface area contributed by atoms with Gasteiger partial charge in [-0.2, -0.15) is 11.8 Å². The molecule has 2 amide bonds. The molecule has 1 saturated heterocycles. The summed E-state index contributed by atoms with van der Waals surface area (Å²) in [5, 5.41) is 3.27. The number of nitrogens with zero attached hydrogens (tertiary/aromatic N) is 1. The molecule has 0 bridgehead atoms. The third kappa shape index (κ3) is 5.89. The standard InChI is InChI=1S/C19H27ClN2O3S/c1-3-25-14-8-11-22(12-9-14)19(24)17(10-13-26-2)21-18(23)15-6-4-5-7-16(15)20/h4-7,14,17H,3,8-13H2,1-2H3,(H,21,23). The van der Waals surface area contributed by atoms with Gasteiger partial charge in [0.05, 0.1) is 16.7 Å². The van der Waals surface area contributed by atoms with Crippen molar-refractivity contribution < 1.29 is 14.3 Å². The van der Waals surface area contributed by atoms with Crippen molar-refractivity contribution in [3.8, 4) is 0 Å². The summed E-state index contributed by atoms with van der Waals surface area (Å²) < 4.78 is 5.65. The van der Waals surface area contributed by atoms with Gasteiger partial charge >= 0.3 is 0 Å². The van der Waals surface area contributed by atoms with Crippen molar-refractivity contribution in [2.45, 2.75) is 38.3 Å². The molecule has 1 N–H and O–H groups in total. The Morgan fingerprint density at radius 3 is 2.65 bits per heavy atom. The van der Waals surface area contributed by atoms with Gasteiger partial charge in [-0.25, -0.2) is 0 Å². The Bertz CT molecular complexity index is 606. The number of carbonyl (C=O) groups is 2. The zero-order valence-corrected chi connectivity index (χ0v) is 16.9. The van der Waals surface area contributed by atoms with E-state index in [1.54, 1.807) is 36.0 Å². The minimum atomic E-state index is -0.533. The second-order valence-electron chi connectivity index (χ2n) is 6.27. The minimum Gasteiger partial charge on any atom is -0.378 e. The molecule has 0 radical (unpaired) electrons. The van der Waals surface area contributed by atoms with Gasteiger partial charge in [-0.3, -0.25) is 9.59 Å². The van der Waals surface area contributed by atoms with Crippen LogP contribution in [0.3, 0.4) is 0 Å². The lowest BCUT2D eigenvalue weighted by molar-refractivity contribution is -0.135. The summed E-state index contributed by atoms with van der Waals surface area (Å²) >= 11 is 7.77. The largest absolute Gasteiger partial charge is 0.378 e. The van der Waals surface area contributed by atoms with E-state index in [9.17, 15) is 9.59 Å². The number of hydrogen-bond donors (Lipinski definition) is 1. The molecule has 0 saturated carbocycles. The monoisotopic (exact) mass is 398 g/mol. The first-order valence-corrected chi connectivity index (χ1v) is 10.8. The number of nitrogens with one attached hydrogen (secondary N) is 1. The van der Waals surface area contributed by atoms with Gasteiger partial charge in [0, 0.05) is 19.7 Å². The van der Waals surface area contributed by atoms with Crippen molar-refractivity contribution in [2.24, 2.45) is 0 Å². The molecular weight excluding hydrogens is 372 g/mol. The molecule has 1 aliphatic heterocycles. The molecule has 1 aromatic carbocycles. The predicted octanol–water partition coefficient (Wildman–Crippen LogP) is 3.22. The summed E-state index contributed by atoms with van der Waals surface area (Å²) in [6.07, 6.45) is 4.50. The smallest absolute Gasteiger partial charge is 0.253 e. The molecule has 0 spiro atoms. The fourth-order valence-corrected chi connectivity index (χ4v) is 3.77. The molecule has 2 rings (SSSR count). The maximum Gasteiger partial charge on any atom is 0.253 e. The Morgan fingerprint density at radius 1 is 1.35 bits per heavy atom. The van der Waals surface area contributed by atoms with Crippen LogP contribution < -0.4 is 5.32 Å². The summed E-state index contributed by atoms with van der Waals surface area (Å²) in [6, 6.07) is 6.35. The van der Waals surface area contributed by atoms with Crippen LogP contribution in [0.25, 0.3) is 0 Å². The molecule has 1 unspecified atom stereocenters. The van der Waals surface area contributed by atoms with Gasteiger partial charge in [-0.15, -0.1) is 0 Å². The minimum absolute atomic E-state index is 0.0191. The summed E-state index contributed by atoms with van der Waals surface area (Å²) in [4.78, 5) is 27.4. The number of hydrogen-bond acceptors (Lipinski definition) is 4. The second kappa shape index (κ2) is 10.8. The van der Waals surface area contributed by atoms with E-state index >= 15 is 0 Å². The van der Waals surface area contributed by atoms with Crippen LogP contribution in [0.5, 0.6) is 0 Å². The molecule has 144 valence electrons. The van der Waals surface area contributed by atoms with E-state index in [0.717, 1.165) is 18.6 Å². The Hall–Kier alpha value is -1.24. The number of benzene rings is 1. The maximum absolute atomic E-state index is 12.9. The first-order chi connectivity index (χ1) is 12.6. The van der Waals surface area contributed by atoms with Crippen molar-refractivity contribution in [3.63, 3.8) is 0 Å². The zero-order chi connectivity index (χ0) is 18.9. The molecule has 1 fully saturated rings. The van der Waals surface area contributed by atoms with Gasteiger partial charge in [0.1, 0.15) is 6.04 Å². The summed E-state index contributed by atoms with van der Waals surface area (Å²) in [7, 11) is 0. The van der Waals surface area contributed by atoms with Crippen LogP contribution in [0.1, 0.15) is 36.5 Å². The van der Waals surface area contributed by atoms with Gasteiger partial charge in [-0.05, 0) is 50.3 Å². The van der Waals surface area contributed by atoms with Gasteiger partial charge in [0.25, 0.3) is 5.91 Å². The average Bonchev–Trinajstić information content (AvgIpc) is 2.65. The fourth-order valence-electron chi connectivity index (χ4n) is 3.07. The molecule has 1 aromatic rings. The van der Waals surface area contributed by atoms with Crippen molar-refractivity contribution in [1.82, 2.24) is 10.2 Å². The van der Waals surface area contributed by atoms with E-state index in [-0.39, 0.29) is 17.9 Å². The van der Waals surface area contributed by atoms with Crippen molar-refractivity contribution in [2.75, 3.05) is 31.7 Å². The molecule has 0 aliphatic carbocycles. The summed E-state index contributed by atoms with van der Waals surface area (Å²) in [6.45, 7) is 4.02. The third-order valence-electron chi connectivity index (χ3n) is 4.49. The SMILES string of the molecule is CCOC1CCN(C(=O)C(CCSC)NC(=O)c2ccccc2Cl)CC1. The molecule has 26 heavy (non-hydrogen) atoms. The van der Waals surface area contributed by atoms with Gasteiger partial charge in [0.15, 0.2) is 0 Å². The van der Waals surface area contributed by atoms with Crippen LogP contribution in [0.2, 0.25) is 5.02 Å². The highest BCUT2D eigenvalue weighted by Gasteiger charge is 2.29. The number of rotatable bonds is 8. The van der Waals surface area contributed by atoms with E-state index in [1.165, 1.54) is 0 Å². The van der Waals surface area contributed by atoms with Crippen LogP contribution in [0, 0.1) is 0 Å². The lowest BCUT2D eigenvalue weighted by Gasteiger charge is -2.34. The summed E-state index contributed by atoms with van der Waals surface area (Å²) in [5.41, 5.74) is 0.395. The van der Waals surface area contributed by atoms with Crippen LogP contribution in [0.4, 0.5) is 0 Å². The molecule has 0 aromatic heterocycles. The number of thioether (sulfide) groups is 1. The van der Waals surface area contributed by atoms with Gasteiger partial charge < -0.3 is 15.0 Å². The first-order valence-electron chi connectivity index (χ1n) is 9.01. The van der Waals surface area contributed by atoms with Gasteiger partial charge in [0.2, 0.25) is 5.91 Å². The van der Waals surface area contributed by atoms with Crippen LogP contribution >= 0.6 is 23.4 Å². The van der Waals surface area contributed by atoms with E-state index < -0.39 is 6.04 Å². The molecule has 7 heteroatoms. The van der Waals surface area contributed by atoms with Gasteiger partial charge in [-0.1, -0.05) is 23.7 Å². The summed E-state index contributed by atoms with van der Waals surface area (Å²) in [5.74, 6) is 0.475. The second-order valence-corrected chi connectivity index (χ2v) is 7.66. The molecular formula is C19H27ClN2O3S. The topological polar surface area (TPSA) is 58.6 Å². The first kappa shape index (κ1) is 21.1. The number of piperidine rings is 1. The quantitative estimate of drug-likeness (QED) is 0.730. The van der Waals surface area contributed by atoms with Crippen LogP contribution in [-0.2, 0) is 9.53 Å². The number of ether oxygens (including phenoxy) is 1. The zero-order valence-electron chi connectivity index (χ0n) is 15.4. The van der Waals surface area contributed by atoms with Crippen LogP contribution in [-0.4, -0.2) is 60.6 Å². The number of halogens is 1. The lowest BCUT2D eigenvalue weighted by Crippen LogP contribution is -2.51. The van der Waals surface area contributed by atoms with Crippen molar-refractivity contribution >= 4 is 35.2 Å². The predicted molar refractivity (Wildman–Crippen MR) is 107 cm³/mol. The molecule has 1 atom stereocenters. The van der Waals surface area contributed by atoms with E-state index in [4.69, 9.17) is 16.3 Å². The maximum atomic E-state index is 12.9. The Balaban J connectivity index is 2.01. The third-order valence-corrected chi connectivity index (χ3v) is 5.46. The molecule has 5 nitrogen and oxygen atoms in total. The lowest BCUT2D eigenvalue weighted by atomic mass is 10.1. The fraction of sp³-hybridized carbons (Fsp3) is 0.579. The Kier molecular flexibility index (Phi) is 8.75. The van der Waals surface area contributed by atoms with Crippen molar-refractivity contribution in [3.05, 3.63) is 34.9 Å². The van der Waals surface area contributed by atoms with Crippen LogP contribution in [0.15, 0.2) is 24.3 Å². The van der Waals surface area contributed by atoms with Crippen molar-refractivity contribution in [1.29, 1.82) is 0 Å². The van der Waals surface area contributed by atoms with E-state index in [2.05, 4.69) is 5.32 Å². The average molecular weight is 399 g/mol.